The summed E-state index contributed by atoms with van der Waals surface area (Å²) in [7, 11) is 0. The van der Waals surface area contributed by atoms with Crippen LogP contribution in [0, 0.1) is 5.82 Å². The zero-order valence-corrected chi connectivity index (χ0v) is 23.0. The second-order valence-corrected chi connectivity index (χ2v) is 11.2. The Morgan fingerprint density at radius 3 is 2.66 bits per heavy atom. The first-order valence-corrected chi connectivity index (χ1v) is 13.9. The molecule has 3 N–H and O–H groups in total. The first-order chi connectivity index (χ1) is 19.8. The van der Waals surface area contributed by atoms with Crippen LogP contribution >= 0.6 is 11.6 Å². The van der Waals surface area contributed by atoms with E-state index in [-0.39, 0.29) is 36.8 Å². The Balaban J connectivity index is 1.23. The van der Waals surface area contributed by atoms with Gasteiger partial charge >= 0.3 is 0 Å². The third-order valence-corrected chi connectivity index (χ3v) is 7.88. The molecular formula is C29H30ClF2N5O4. The molecule has 6 rings (SSSR count). The van der Waals surface area contributed by atoms with Gasteiger partial charge in [-0.15, -0.1) is 0 Å². The number of nitrogens with two attached hydrogens (primary N) is 1. The molecule has 0 bridgehead atoms. The summed E-state index contributed by atoms with van der Waals surface area (Å²) in [6.07, 6.45) is 4.08. The fourth-order valence-electron chi connectivity index (χ4n) is 5.01. The molecule has 0 unspecified atom stereocenters. The molecule has 216 valence electrons. The van der Waals surface area contributed by atoms with E-state index in [4.69, 9.17) is 31.5 Å². The van der Waals surface area contributed by atoms with Crippen LogP contribution in [0.15, 0.2) is 48.6 Å². The summed E-state index contributed by atoms with van der Waals surface area (Å²) in [5.41, 5.74) is 7.35. The summed E-state index contributed by atoms with van der Waals surface area (Å²) in [5.74, 6) is -1.23. The van der Waals surface area contributed by atoms with Crippen LogP contribution in [-0.4, -0.2) is 77.9 Å². The Morgan fingerprint density at radius 2 is 1.95 bits per heavy atom. The van der Waals surface area contributed by atoms with Gasteiger partial charge in [0.05, 0.1) is 41.5 Å². The normalized spacial score (nSPS) is 22.0. The lowest BCUT2D eigenvalue weighted by Crippen LogP contribution is -2.36. The number of ketones is 1. The Kier molecular flexibility index (Phi) is 7.88. The number of nitrogens with one attached hydrogen (secondary N) is 1. The molecule has 2 saturated heterocycles. The number of carbonyl (C=O) groups is 1. The van der Waals surface area contributed by atoms with Gasteiger partial charge in [0, 0.05) is 48.8 Å². The lowest BCUT2D eigenvalue weighted by molar-refractivity contribution is -0.116. The maximum absolute atomic E-state index is 15.1. The average Bonchev–Trinajstić information content (AvgIpc) is 3.55. The summed E-state index contributed by atoms with van der Waals surface area (Å²) >= 11 is 5.94. The van der Waals surface area contributed by atoms with Crippen LogP contribution < -0.4 is 15.8 Å². The summed E-state index contributed by atoms with van der Waals surface area (Å²) in [4.78, 5) is 23.7. The molecular weight excluding hydrogens is 556 g/mol. The van der Waals surface area contributed by atoms with Gasteiger partial charge in [0.25, 0.3) is 0 Å². The molecule has 0 radical (unpaired) electrons. The Labute approximate surface area is 240 Å². The van der Waals surface area contributed by atoms with Gasteiger partial charge in [-0.25, -0.2) is 18.7 Å². The molecule has 41 heavy (non-hydrogen) atoms. The number of rotatable bonds is 10. The number of hydrogen-bond donors (Lipinski definition) is 2. The highest BCUT2D eigenvalue weighted by atomic mass is 35.5. The highest BCUT2D eigenvalue weighted by molar-refractivity contribution is 6.31. The second kappa shape index (κ2) is 11.6. The lowest BCUT2D eigenvalue weighted by atomic mass is 10.0. The van der Waals surface area contributed by atoms with E-state index in [2.05, 4.69) is 15.3 Å². The maximum Gasteiger partial charge on any atom is 0.195 e. The van der Waals surface area contributed by atoms with E-state index < -0.39 is 23.0 Å². The minimum absolute atomic E-state index is 0.0264. The highest BCUT2D eigenvalue weighted by Gasteiger charge is 2.39. The molecule has 2 aliphatic heterocycles. The molecule has 0 amide bonds. The first kappa shape index (κ1) is 27.9. The van der Waals surface area contributed by atoms with Crippen LogP contribution in [-0.2, 0) is 20.7 Å². The molecule has 12 heteroatoms. The molecule has 3 aromatic rings. The van der Waals surface area contributed by atoms with Gasteiger partial charge in [-0.1, -0.05) is 11.6 Å². The predicted octanol–water partition coefficient (Wildman–Crippen LogP) is 4.10. The van der Waals surface area contributed by atoms with Crippen molar-refractivity contribution in [3.63, 3.8) is 0 Å². The number of likely N-dealkylation sites (tertiary alicyclic amines) is 1. The zero-order valence-electron chi connectivity index (χ0n) is 22.2. The van der Waals surface area contributed by atoms with E-state index >= 15 is 4.39 Å². The molecule has 0 spiro atoms. The van der Waals surface area contributed by atoms with Crippen LogP contribution in [0.2, 0.25) is 5.02 Å². The summed E-state index contributed by atoms with van der Waals surface area (Å²) in [6.45, 7) is 2.90. The monoisotopic (exact) mass is 585 g/mol. The van der Waals surface area contributed by atoms with Crippen LogP contribution in [0.5, 0.6) is 5.75 Å². The molecule has 3 aliphatic rings. The van der Waals surface area contributed by atoms with Crippen LogP contribution in [0.4, 0.5) is 20.3 Å². The van der Waals surface area contributed by atoms with Gasteiger partial charge in [0.2, 0.25) is 0 Å². The largest absolute Gasteiger partial charge is 0.491 e. The van der Waals surface area contributed by atoms with Crippen molar-refractivity contribution >= 4 is 39.8 Å². The van der Waals surface area contributed by atoms with Gasteiger partial charge in [0.15, 0.2) is 11.6 Å². The fourth-order valence-corrected chi connectivity index (χ4v) is 5.19. The van der Waals surface area contributed by atoms with Crippen molar-refractivity contribution in [3.05, 3.63) is 65.0 Å². The number of nitrogens with zero attached hydrogens (tertiary/aromatic N) is 3. The SMILES string of the molecule is NC1(COc2cc3ncnc(Nc4ccc(F)c(Cl)c4)c3cc2CC(=O)/C(F)=C\CN2C[C@@H]3OCCO[C@H]3C2)CC1. The van der Waals surface area contributed by atoms with E-state index in [9.17, 15) is 9.18 Å². The fraction of sp³-hybridized carbons (Fsp3) is 0.414. The van der Waals surface area contributed by atoms with Gasteiger partial charge in [-0.2, -0.15) is 0 Å². The number of fused-ring (bicyclic) bond motifs is 2. The van der Waals surface area contributed by atoms with Crippen molar-refractivity contribution in [2.45, 2.75) is 37.0 Å². The van der Waals surface area contributed by atoms with Crippen molar-refractivity contribution in [2.75, 3.05) is 44.8 Å². The number of aromatic nitrogens is 2. The van der Waals surface area contributed by atoms with E-state index in [1.54, 1.807) is 12.1 Å². The van der Waals surface area contributed by atoms with Crippen LogP contribution in [0.1, 0.15) is 18.4 Å². The summed E-state index contributed by atoms with van der Waals surface area (Å²) < 4.78 is 46.2. The third kappa shape index (κ3) is 6.49. The van der Waals surface area contributed by atoms with E-state index in [0.29, 0.717) is 60.0 Å². The Bertz CT molecular complexity index is 1490. The van der Waals surface area contributed by atoms with Crippen molar-refractivity contribution in [3.8, 4) is 5.75 Å². The first-order valence-electron chi connectivity index (χ1n) is 13.5. The number of carbonyl (C=O) groups excluding carboxylic acids is 1. The predicted molar refractivity (Wildman–Crippen MR) is 150 cm³/mol. The lowest BCUT2D eigenvalue weighted by Gasteiger charge is -2.24. The number of Topliss-reactive ketones (excluding diaryl/α,β-unsaturated/α-hetero) is 1. The molecule has 2 aromatic carbocycles. The molecule has 1 aromatic heterocycles. The number of ether oxygens (including phenoxy) is 3. The molecule has 3 heterocycles. The molecule has 3 fully saturated rings. The number of benzene rings is 2. The molecule has 2 atom stereocenters. The number of anilines is 2. The number of halogens is 3. The smallest absolute Gasteiger partial charge is 0.195 e. The average molecular weight is 586 g/mol. The Hall–Kier alpha value is -3.22. The third-order valence-electron chi connectivity index (χ3n) is 7.59. The summed E-state index contributed by atoms with van der Waals surface area (Å²) in [6, 6.07) is 7.62. The van der Waals surface area contributed by atoms with Crippen LogP contribution in [0.25, 0.3) is 10.9 Å². The van der Waals surface area contributed by atoms with Gasteiger partial charge in [-0.3, -0.25) is 9.69 Å². The van der Waals surface area contributed by atoms with Crippen molar-refractivity contribution < 1.29 is 27.8 Å². The summed E-state index contributed by atoms with van der Waals surface area (Å²) in [5, 5.41) is 3.65. The van der Waals surface area contributed by atoms with Crippen molar-refractivity contribution in [1.29, 1.82) is 0 Å². The van der Waals surface area contributed by atoms with Gasteiger partial charge in [-0.05, 0) is 43.2 Å². The second-order valence-electron chi connectivity index (χ2n) is 10.8. The Morgan fingerprint density at radius 1 is 1.20 bits per heavy atom. The minimum Gasteiger partial charge on any atom is -0.491 e. The van der Waals surface area contributed by atoms with Gasteiger partial charge < -0.3 is 25.3 Å². The molecule has 9 nitrogen and oxygen atoms in total. The van der Waals surface area contributed by atoms with E-state index in [0.717, 1.165) is 12.8 Å². The standard InChI is InChI=1S/C29H30ClF2N5O4/c30-20-11-18(1-2-21(20)31)36-28-19-9-17(25(12-23(19)34-16-35-28)41-15-29(33)4-5-29)10-24(38)22(32)3-6-37-13-26-27(14-37)40-8-7-39-26/h1-3,9,11-12,16,26-27H,4-8,10,13-15,33H2,(H,34,35,36)/b22-3+/t26-,27-/m0/s1. The molecule has 1 aliphatic carbocycles. The maximum atomic E-state index is 15.1. The number of allylic oxidation sites excluding steroid dienone is 1. The molecule has 1 saturated carbocycles. The zero-order chi connectivity index (χ0) is 28.6. The minimum atomic E-state index is -0.825. The van der Waals surface area contributed by atoms with Crippen LogP contribution in [0.3, 0.4) is 0 Å². The number of hydrogen-bond acceptors (Lipinski definition) is 9. The van der Waals surface area contributed by atoms with Gasteiger partial charge in [0.1, 0.15) is 30.3 Å². The van der Waals surface area contributed by atoms with E-state index in [1.807, 2.05) is 4.90 Å². The topological polar surface area (TPSA) is 112 Å². The highest BCUT2D eigenvalue weighted by Crippen LogP contribution is 2.36. The quantitative estimate of drug-likeness (QED) is 0.340. The van der Waals surface area contributed by atoms with E-state index in [1.165, 1.54) is 30.6 Å². The van der Waals surface area contributed by atoms with Crippen molar-refractivity contribution in [2.24, 2.45) is 5.73 Å². The van der Waals surface area contributed by atoms with Crippen molar-refractivity contribution in [1.82, 2.24) is 14.9 Å².